The summed E-state index contributed by atoms with van der Waals surface area (Å²) in [5, 5.41) is 14.7. The normalized spacial score (nSPS) is 11.9. The third kappa shape index (κ3) is 5.09. The van der Waals surface area contributed by atoms with Crippen LogP contribution in [0.3, 0.4) is 0 Å². The zero-order valence-corrected chi connectivity index (χ0v) is 15.9. The van der Waals surface area contributed by atoms with Crippen LogP contribution >= 0.6 is 0 Å². The third-order valence-electron chi connectivity index (χ3n) is 4.57. The Hall–Kier alpha value is -2.83. The molecule has 0 aliphatic carbocycles. The quantitative estimate of drug-likeness (QED) is 0.279. The number of hydrogen-bond donors (Lipinski definition) is 4. The number of fused-ring (bicyclic) bond motifs is 1. The van der Waals surface area contributed by atoms with Gasteiger partial charge in [0.15, 0.2) is 5.96 Å². The Labute approximate surface area is 158 Å². The molecule has 0 spiro atoms. The van der Waals surface area contributed by atoms with Gasteiger partial charge in [0.1, 0.15) is 5.82 Å². The number of halogens is 1. The van der Waals surface area contributed by atoms with Gasteiger partial charge in [-0.3, -0.25) is 10.1 Å². The van der Waals surface area contributed by atoms with Crippen molar-refractivity contribution in [1.82, 2.24) is 25.8 Å². The predicted octanol–water partition coefficient (Wildman–Crippen LogP) is 3.07. The number of aliphatic imine (C=N–C) groups is 1. The number of aryl methyl sites for hydroxylation is 2. The van der Waals surface area contributed by atoms with Crippen molar-refractivity contribution in [3.63, 3.8) is 0 Å². The van der Waals surface area contributed by atoms with Gasteiger partial charge in [-0.05, 0) is 62.4 Å². The molecule has 6 nitrogen and oxygen atoms in total. The van der Waals surface area contributed by atoms with Crippen molar-refractivity contribution in [2.75, 3.05) is 19.6 Å². The molecule has 0 amide bonds. The highest BCUT2D eigenvalue weighted by atomic mass is 19.1. The van der Waals surface area contributed by atoms with Crippen molar-refractivity contribution in [3.05, 3.63) is 53.2 Å². The SMILES string of the molecule is CCNC(=NCCCc1cn[nH]c1C)NCCc1c[nH]c2cc(F)ccc12. The van der Waals surface area contributed by atoms with E-state index in [2.05, 4.69) is 37.7 Å². The molecule has 3 aromatic rings. The standard InChI is InChI=1S/C20H27FN6/c1-3-22-20(23-9-4-5-15-13-26-27-14(15)2)24-10-8-16-12-25-19-11-17(21)6-7-18(16)19/h6-7,11-13,25H,3-5,8-10H2,1-2H3,(H,26,27)(H2,22,23,24). The van der Waals surface area contributed by atoms with E-state index in [-0.39, 0.29) is 5.82 Å². The number of H-pyrrole nitrogens is 2. The summed E-state index contributed by atoms with van der Waals surface area (Å²) < 4.78 is 13.3. The minimum Gasteiger partial charge on any atom is -0.361 e. The van der Waals surface area contributed by atoms with Crippen LogP contribution in [0.1, 0.15) is 30.2 Å². The molecule has 0 fully saturated rings. The Morgan fingerprint density at radius 2 is 2.11 bits per heavy atom. The second kappa shape index (κ2) is 9.21. The van der Waals surface area contributed by atoms with Gasteiger partial charge in [-0.1, -0.05) is 0 Å². The van der Waals surface area contributed by atoms with E-state index < -0.39 is 0 Å². The van der Waals surface area contributed by atoms with Crippen molar-refractivity contribution >= 4 is 16.9 Å². The van der Waals surface area contributed by atoms with Crippen LogP contribution in [0.25, 0.3) is 10.9 Å². The van der Waals surface area contributed by atoms with Gasteiger partial charge in [0, 0.05) is 42.4 Å². The molecule has 1 aromatic carbocycles. The molecule has 2 aromatic heterocycles. The fraction of sp³-hybridized carbons (Fsp3) is 0.400. The van der Waals surface area contributed by atoms with Crippen LogP contribution in [0, 0.1) is 12.7 Å². The molecule has 2 heterocycles. The minimum absolute atomic E-state index is 0.221. The van der Waals surface area contributed by atoms with Gasteiger partial charge in [-0.25, -0.2) is 4.39 Å². The van der Waals surface area contributed by atoms with E-state index in [4.69, 9.17) is 0 Å². The zero-order valence-electron chi connectivity index (χ0n) is 15.9. The molecular formula is C20H27FN6. The smallest absolute Gasteiger partial charge is 0.191 e. The number of aromatic amines is 2. The van der Waals surface area contributed by atoms with Crippen molar-refractivity contribution in [2.24, 2.45) is 4.99 Å². The van der Waals surface area contributed by atoms with Gasteiger partial charge >= 0.3 is 0 Å². The highest BCUT2D eigenvalue weighted by Crippen LogP contribution is 2.19. The number of guanidine groups is 1. The minimum atomic E-state index is -0.221. The van der Waals surface area contributed by atoms with Crippen molar-refractivity contribution in [3.8, 4) is 0 Å². The third-order valence-corrected chi connectivity index (χ3v) is 4.57. The predicted molar refractivity (Wildman–Crippen MR) is 108 cm³/mol. The number of hydrogen-bond acceptors (Lipinski definition) is 2. The maximum atomic E-state index is 13.3. The Kier molecular flexibility index (Phi) is 6.46. The van der Waals surface area contributed by atoms with Crippen LogP contribution in [0.2, 0.25) is 0 Å². The monoisotopic (exact) mass is 370 g/mol. The lowest BCUT2D eigenvalue weighted by atomic mass is 10.1. The lowest BCUT2D eigenvalue weighted by Crippen LogP contribution is -2.38. The molecule has 3 rings (SSSR count). The average molecular weight is 370 g/mol. The zero-order chi connectivity index (χ0) is 19.1. The summed E-state index contributed by atoms with van der Waals surface area (Å²) in [5.74, 6) is 0.605. The molecule has 27 heavy (non-hydrogen) atoms. The maximum Gasteiger partial charge on any atom is 0.191 e. The molecule has 7 heteroatoms. The van der Waals surface area contributed by atoms with Gasteiger partial charge < -0.3 is 15.6 Å². The van der Waals surface area contributed by atoms with E-state index in [0.717, 1.165) is 61.5 Å². The number of aromatic nitrogens is 3. The Morgan fingerprint density at radius 3 is 2.89 bits per heavy atom. The first-order valence-corrected chi connectivity index (χ1v) is 9.44. The van der Waals surface area contributed by atoms with E-state index in [1.54, 1.807) is 0 Å². The molecule has 4 N–H and O–H groups in total. The Balaban J connectivity index is 1.49. The van der Waals surface area contributed by atoms with Crippen LogP contribution in [0.5, 0.6) is 0 Å². The second-order valence-corrected chi connectivity index (χ2v) is 6.57. The maximum absolute atomic E-state index is 13.3. The summed E-state index contributed by atoms with van der Waals surface area (Å²) in [6, 6.07) is 4.85. The van der Waals surface area contributed by atoms with Crippen LogP contribution in [-0.4, -0.2) is 40.8 Å². The summed E-state index contributed by atoms with van der Waals surface area (Å²) in [4.78, 5) is 7.77. The van der Waals surface area contributed by atoms with Crippen LogP contribution in [0.4, 0.5) is 4.39 Å². The highest BCUT2D eigenvalue weighted by molar-refractivity contribution is 5.83. The molecule has 0 saturated heterocycles. The van der Waals surface area contributed by atoms with Gasteiger partial charge in [0.25, 0.3) is 0 Å². The summed E-state index contributed by atoms with van der Waals surface area (Å²) in [6.07, 6.45) is 6.62. The summed E-state index contributed by atoms with van der Waals surface area (Å²) in [5.41, 5.74) is 4.38. The molecule has 0 radical (unpaired) electrons. The molecule has 0 aliphatic rings. The molecule has 0 bridgehead atoms. The lowest BCUT2D eigenvalue weighted by Gasteiger charge is -2.11. The number of nitrogens with one attached hydrogen (secondary N) is 4. The van der Waals surface area contributed by atoms with E-state index in [0.29, 0.717) is 0 Å². The molecule has 0 unspecified atom stereocenters. The molecule has 144 valence electrons. The van der Waals surface area contributed by atoms with Crippen LogP contribution < -0.4 is 10.6 Å². The average Bonchev–Trinajstić information content (AvgIpc) is 3.24. The first-order chi connectivity index (χ1) is 13.2. The van der Waals surface area contributed by atoms with E-state index in [1.807, 2.05) is 25.4 Å². The van der Waals surface area contributed by atoms with Gasteiger partial charge in [0.05, 0.1) is 6.20 Å². The van der Waals surface area contributed by atoms with E-state index in [9.17, 15) is 4.39 Å². The fourth-order valence-corrected chi connectivity index (χ4v) is 3.11. The molecular weight excluding hydrogens is 343 g/mol. The van der Waals surface area contributed by atoms with E-state index >= 15 is 0 Å². The fourth-order valence-electron chi connectivity index (χ4n) is 3.11. The van der Waals surface area contributed by atoms with Crippen LogP contribution in [0.15, 0.2) is 35.6 Å². The number of nitrogens with zero attached hydrogens (tertiary/aromatic N) is 2. The van der Waals surface area contributed by atoms with Crippen molar-refractivity contribution < 1.29 is 4.39 Å². The van der Waals surface area contributed by atoms with Gasteiger partial charge in [-0.2, -0.15) is 5.10 Å². The van der Waals surface area contributed by atoms with Crippen molar-refractivity contribution in [1.29, 1.82) is 0 Å². The van der Waals surface area contributed by atoms with Gasteiger partial charge in [0.2, 0.25) is 0 Å². The Morgan fingerprint density at radius 1 is 1.22 bits per heavy atom. The number of rotatable bonds is 8. The summed E-state index contributed by atoms with van der Waals surface area (Å²) >= 11 is 0. The molecule has 0 saturated carbocycles. The number of benzene rings is 1. The largest absolute Gasteiger partial charge is 0.361 e. The molecule has 0 aliphatic heterocycles. The topological polar surface area (TPSA) is 80.9 Å². The first-order valence-electron chi connectivity index (χ1n) is 9.44. The van der Waals surface area contributed by atoms with Crippen molar-refractivity contribution in [2.45, 2.75) is 33.1 Å². The summed E-state index contributed by atoms with van der Waals surface area (Å²) in [6.45, 7) is 6.43. The summed E-state index contributed by atoms with van der Waals surface area (Å²) in [7, 11) is 0. The van der Waals surface area contributed by atoms with E-state index in [1.165, 1.54) is 23.3 Å². The lowest BCUT2D eigenvalue weighted by molar-refractivity contribution is 0.629. The molecule has 0 atom stereocenters. The Bertz CT molecular complexity index is 895. The van der Waals surface area contributed by atoms with Gasteiger partial charge in [-0.15, -0.1) is 0 Å². The van der Waals surface area contributed by atoms with Crippen LogP contribution in [-0.2, 0) is 12.8 Å². The first kappa shape index (κ1) is 18.9. The second-order valence-electron chi connectivity index (χ2n) is 6.57. The highest BCUT2D eigenvalue weighted by Gasteiger charge is 2.05.